The first-order valence-corrected chi connectivity index (χ1v) is 11.8. The van der Waals surface area contributed by atoms with E-state index in [1.54, 1.807) is 12.1 Å². The van der Waals surface area contributed by atoms with Crippen molar-refractivity contribution in [3.63, 3.8) is 0 Å². The van der Waals surface area contributed by atoms with Gasteiger partial charge in [-0.3, -0.25) is 9.78 Å². The second-order valence-electron chi connectivity index (χ2n) is 9.15. The van der Waals surface area contributed by atoms with Gasteiger partial charge in [-0.25, -0.2) is 4.79 Å². The molecular weight excluding hydrogens is 465 g/mol. The van der Waals surface area contributed by atoms with Crippen molar-refractivity contribution in [3.8, 4) is 22.9 Å². The van der Waals surface area contributed by atoms with Crippen molar-refractivity contribution in [2.75, 3.05) is 0 Å². The Kier molecular flexibility index (Phi) is 5.70. The molecule has 5 rings (SSSR count). The third-order valence-electron chi connectivity index (χ3n) is 6.72. The van der Waals surface area contributed by atoms with Gasteiger partial charge in [-0.05, 0) is 79.3 Å². The van der Waals surface area contributed by atoms with Crippen molar-refractivity contribution >= 4 is 23.2 Å². The molecule has 7 nitrogen and oxygen atoms in total. The maximum Gasteiger partial charge on any atom is 0.349 e. The van der Waals surface area contributed by atoms with Gasteiger partial charge in [0, 0.05) is 0 Å². The molecule has 2 aromatic carbocycles. The smallest absolute Gasteiger partial charge is 0.349 e. The van der Waals surface area contributed by atoms with Crippen LogP contribution in [-0.4, -0.2) is 19.9 Å². The zero-order chi connectivity index (χ0) is 23.2. The summed E-state index contributed by atoms with van der Waals surface area (Å²) in [5.74, 6) is 1.56. The summed E-state index contributed by atoms with van der Waals surface area (Å²) in [6.45, 7) is 0. The highest BCUT2D eigenvalue weighted by molar-refractivity contribution is 6.37. The van der Waals surface area contributed by atoms with Crippen molar-refractivity contribution in [2.24, 2.45) is 11.3 Å². The Bertz CT molecular complexity index is 1310. The first-order valence-electron chi connectivity index (χ1n) is 11.0. The zero-order valence-electron chi connectivity index (χ0n) is 17.8. The molecular formula is C24H23Cl2N3O4. The molecule has 2 saturated carbocycles. The van der Waals surface area contributed by atoms with Crippen molar-refractivity contribution in [1.82, 2.24) is 14.8 Å². The summed E-state index contributed by atoms with van der Waals surface area (Å²) in [6, 6.07) is 8.08. The number of phenols is 1. The number of aromatic amines is 1. The topological polar surface area (TPSA) is 97.2 Å². The van der Waals surface area contributed by atoms with Crippen LogP contribution in [0.25, 0.3) is 5.69 Å². The summed E-state index contributed by atoms with van der Waals surface area (Å²) in [4.78, 5) is 25.4. The number of nitrogens with one attached hydrogen (secondary N) is 1. The van der Waals surface area contributed by atoms with Gasteiger partial charge in [-0.15, -0.1) is 0 Å². The lowest BCUT2D eigenvalue weighted by molar-refractivity contribution is 0.245. The minimum Gasteiger partial charge on any atom is -0.508 e. The van der Waals surface area contributed by atoms with Crippen molar-refractivity contribution in [2.45, 2.75) is 44.9 Å². The fourth-order valence-electron chi connectivity index (χ4n) is 4.91. The summed E-state index contributed by atoms with van der Waals surface area (Å²) >= 11 is 12.8. The number of hydrogen-bond acceptors (Lipinski definition) is 5. The molecule has 2 fully saturated rings. The third-order valence-corrected chi connectivity index (χ3v) is 7.28. The van der Waals surface area contributed by atoms with E-state index in [-0.39, 0.29) is 27.2 Å². The molecule has 2 aliphatic carbocycles. The number of halogens is 2. The van der Waals surface area contributed by atoms with E-state index in [1.807, 2.05) is 6.07 Å². The average Bonchev–Trinajstić information content (AvgIpc) is 3.51. The summed E-state index contributed by atoms with van der Waals surface area (Å²) in [5.41, 5.74) is 0.400. The number of nitrogens with zero attached hydrogens (tertiary/aromatic N) is 2. The highest BCUT2D eigenvalue weighted by Crippen LogP contribution is 2.58. The Balaban J connectivity index is 1.38. The molecule has 2 N–H and O–H groups in total. The van der Waals surface area contributed by atoms with E-state index in [9.17, 15) is 14.7 Å². The fraction of sp³-hybridized carbons (Fsp3) is 0.375. The number of hydrogen-bond donors (Lipinski definition) is 2. The molecule has 1 aromatic heterocycles. The van der Waals surface area contributed by atoms with Crippen LogP contribution in [0.4, 0.5) is 0 Å². The number of aromatic hydroxyl groups is 1. The van der Waals surface area contributed by atoms with E-state index in [0.29, 0.717) is 17.1 Å². The Morgan fingerprint density at radius 2 is 1.91 bits per heavy atom. The molecule has 0 amide bonds. The van der Waals surface area contributed by atoms with Gasteiger partial charge in [-0.1, -0.05) is 36.0 Å². The summed E-state index contributed by atoms with van der Waals surface area (Å²) < 4.78 is 6.96. The second-order valence-corrected chi connectivity index (χ2v) is 9.96. The molecule has 2 aliphatic rings. The number of aromatic nitrogens is 3. The number of phenolic OH excluding ortho intramolecular Hbond substituents is 1. The van der Waals surface area contributed by atoms with E-state index in [1.165, 1.54) is 50.7 Å². The minimum absolute atomic E-state index is 0.176. The van der Waals surface area contributed by atoms with Crippen LogP contribution >= 0.6 is 23.2 Å². The Hall–Kier alpha value is -2.77. The fourth-order valence-corrected chi connectivity index (χ4v) is 5.46. The molecule has 3 aromatic rings. The maximum absolute atomic E-state index is 12.0. The maximum atomic E-state index is 12.0. The Morgan fingerprint density at radius 3 is 2.61 bits per heavy atom. The Labute approximate surface area is 199 Å². The molecule has 0 aliphatic heterocycles. The zero-order valence-corrected chi connectivity index (χ0v) is 19.3. The van der Waals surface area contributed by atoms with Gasteiger partial charge in [0.05, 0.1) is 15.7 Å². The Morgan fingerprint density at radius 1 is 1.15 bits per heavy atom. The number of H-pyrrole nitrogens is 1. The van der Waals surface area contributed by atoms with Crippen LogP contribution in [0.1, 0.15) is 44.1 Å². The summed E-state index contributed by atoms with van der Waals surface area (Å²) in [6.07, 6.45) is 9.49. The molecule has 1 heterocycles. The number of ether oxygens (including phenoxy) is 1. The normalized spacial score (nSPS) is 18.9. The minimum atomic E-state index is -0.706. The van der Waals surface area contributed by atoms with E-state index in [0.717, 1.165) is 22.9 Å². The number of rotatable bonds is 5. The standard InChI is InChI=1S/C24H23Cl2N3O4/c25-18-10-16(29-23(32)28-21(31)13-27-29)11-19(26)22(18)33-17-3-4-20(30)15(9-17)8-14-2-1-5-24(12-14)6-7-24/h3-4,9-11,13-14,30H,1-2,5-8,12H2,(H,28,31,32). The molecule has 0 saturated heterocycles. The van der Waals surface area contributed by atoms with Gasteiger partial charge in [0.25, 0.3) is 5.56 Å². The predicted octanol–water partition coefficient (Wildman–Crippen LogP) is 5.24. The van der Waals surface area contributed by atoms with Gasteiger partial charge in [-0.2, -0.15) is 9.78 Å². The van der Waals surface area contributed by atoms with Crippen LogP contribution in [-0.2, 0) is 6.42 Å². The molecule has 0 bridgehead atoms. The highest BCUT2D eigenvalue weighted by Gasteiger charge is 2.45. The average molecular weight is 488 g/mol. The van der Waals surface area contributed by atoms with E-state index in [4.69, 9.17) is 27.9 Å². The molecule has 1 unspecified atom stereocenters. The van der Waals surface area contributed by atoms with Crippen molar-refractivity contribution in [1.29, 1.82) is 0 Å². The third kappa shape index (κ3) is 4.66. The quantitative estimate of drug-likeness (QED) is 0.512. The van der Waals surface area contributed by atoms with Gasteiger partial charge < -0.3 is 9.84 Å². The van der Waals surface area contributed by atoms with Crippen LogP contribution in [0.5, 0.6) is 17.2 Å². The van der Waals surface area contributed by atoms with Crippen LogP contribution in [0.15, 0.2) is 46.1 Å². The monoisotopic (exact) mass is 487 g/mol. The molecule has 1 spiro atoms. The molecule has 1 atom stereocenters. The van der Waals surface area contributed by atoms with Crippen LogP contribution in [0.2, 0.25) is 10.0 Å². The molecule has 33 heavy (non-hydrogen) atoms. The van der Waals surface area contributed by atoms with Gasteiger partial charge in [0.1, 0.15) is 17.7 Å². The van der Waals surface area contributed by atoms with Gasteiger partial charge in [0.15, 0.2) is 5.75 Å². The first-order chi connectivity index (χ1) is 15.8. The molecule has 9 heteroatoms. The largest absolute Gasteiger partial charge is 0.508 e. The molecule has 172 valence electrons. The van der Waals surface area contributed by atoms with Gasteiger partial charge >= 0.3 is 5.69 Å². The lowest BCUT2D eigenvalue weighted by atomic mass is 9.76. The van der Waals surface area contributed by atoms with Crippen LogP contribution < -0.4 is 16.0 Å². The van der Waals surface area contributed by atoms with Gasteiger partial charge in [0.2, 0.25) is 0 Å². The summed E-state index contributed by atoms with van der Waals surface area (Å²) in [7, 11) is 0. The summed E-state index contributed by atoms with van der Waals surface area (Å²) in [5, 5.41) is 14.6. The lowest BCUT2D eigenvalue weighted by Gasteiger charge is -2.29. The second kappa shape index (κ2) is 8.54. The SMILES string of the molecule is O=c1cnn(-c2cc(Cl)c(Oc3ccc(O)c(CC4CCCC5(CC5)C4)c3)c(Cl)c2)c(=O)[nH]1. The van der Waals surface area contributed by atoms with E-state index < -0.39 is 11.2 Å². The molecule has 0 radical (unpaired) electrons. The first kappa shape index (κ1) is 22.0. The van der Waals surface area contributed by atoms with Crippen molar-refractivity contribution < 1.29 is 9.84 Å². The number of benzene rings is 2. The van der Waals surface area contributed by atoms with E-state index >= 15 is 0 Å². The highest BCUT2D eigenvalue weighted by atomic mass is 35.5. The van der Waals surface area contributed by atoms with E-state index in [2.05, 4.69) is 10.1 Å². The van der Waals surface area contributed by atoms with Crippen LogP contribution in [0, 0.1) is 11.3 Å². The predicted molar refractivity (Wildman–Crippen MR) is 126 cm³/mol. The lowest BCUT2D eigenvalue weighted by Crippen LogP contribution is -2.30. The van der Waals surface area contributed by atoms with Crippen molar-refractivity contribution in [3.05, 3.63) is 73.0 Å². The van der Waals surface area contributed by atoms with Crippen LogP contribution in [0.3, 0.4) is 0 Å².